The monoisotopic (exact) mass is 399 g/mol. The average molecular weight is 400 g/mol. The summed E-state index contributed by atoms with van der Waals surface area (Å²) in [5.41, 5.74) is 2.58. The van der Waals surface area contributed by atoms with Crippen molar-refractivity contribution in [1.29, 1.82) is 0 Å². The van der Waals surface area contributed by atoms with E-state index in [1.54, 1.807) is 11.7 Å². The Kier molecular flexibility index (Phi) is 4.30. The van der Waals surface area contributed by atoms with Crippen molar-refractivity contribution in [3.05, 3.63) is 52.3 Å². The minimum absolute atomic E-state index is 0.328. The summed E-state index contributed by atoms with van der Waals surface area (Å²) in [4.78, 5) is 32.6. The lowest BCUT2D eigenvalue weighted by molar-refractivity contribution is -0.553. The molecule has 9 heteroatoms. The summed E-state index contributed by atoms with van der Waals surface area (Å²) in [6, 6.07) is 8.27. The number of nitrogens with zero attached hydrogens (tertiary/aromatic N) is 6. The summed E-state index contributed by atoms with van der Waals surface area (Å²) in [6.07, 6.45) is 0. The van der Waals surface area contributed by atoms with Crippen molar-refractivity contribution in [2.24, 2.45) is 4.99 Å². The number of carbonyl (C=O) groups is 2. The molecule has 4 rings (SSSR count). The van der Waals surface area contributed by atoms with Crippen LogP contribution in [-0.4, -0.2) is 68.0 Å². The van der Waals surface area contributed by atoms with Crippen molar-refractivity contribution < 1.29 is 14.2 Å². The molecule has 3 heterocycles. The number of urea groups is 1. The number of benzene rings is 1. The Morgan fingerprint density at radius 1 is 1.14 bits per heavy atom. The third kappa shape index (κ3) is 2.72. The fraction of sp³-hybridized carbons (Fsp3) is 0.316. The predicted octanol–water partition coefficient (Wildman–Crippen LogP) is 1.87. The van der Waals surface area contributed by atoms with Crippen molar-refractivity contribution in [2.75, 3.05) is 14.1 Å². The molecule has 2 aromatic rings. The smallest absolute Gasteiger partial charge is 0.270 e. The van der Waals surface area contributed by atoms with Crippen LogP contribution in [0.1, 0.15) is 17.0 Å². The van der Waals surface area contributed by atoms with Gasteiger partial charge >= 0.3 is 12.0 Å². The van der Waals surface area contributed by atoms with E-state index in [1.807, 2.05) is 48.8 Å². The molecule has 8 nitrogen and oxygen atoms in total. The van der Waals surface area contributed by atoms with Crippen molar-refractivity contribution in [1.82, 2.24) is 19.6 Å². The number of hydrogen-bond acceptors (Lipinski definition) is 4. The second-order valence-corrected chi connectivity index (χ2v) is 7.38. The molecule has 3 amide bonds. The number of halogens is 1. The Morgan fingerprint density at radius 3 is 2.50 bits per heavy atom. The topological polar surface area (TPSA) is 73.8 Å². The van der Waals surface area contributed by atoms with Crippen LogP contribution >= 0.6 is 11.6 Å². The third-order valence-corrected chi connectivity index (χ3v) is 5.38. The molecular weight excluding hydrogens is 380 g/mol. The molecule has 0 N–H and O–H groups in total. The number of aliphatic imine (C=N–C) groups is 1. The summed E-state index contributed by atoms with van der Waals surface area (Å²) in [5, 5.41) is 5.12. The van der Waals surface area contributed by atoms with Gasteiger partial charge in [-0.05, 0) is 26.0 Å². The molecule has 1 unspecified atom stereocenters. The summed E-state index contributed by atoms with van der Waals surface area (Å²) in [6.45, 7) is 4.17. The minimum Gasteiger partial charge on any atom is -0.270 e. The summed E-state index contributed by atoms with van der Waals surface area (Å²) in [7, 11) is 3.10. The molecule has 2 aliphatic heterocycles. The van der Waals surface area contributed by atoms with E-state index < -0.39 is 12.1 Å². The Balaban J connectivity index is 1.90. The first kappa shape index (κ1) is 18.4. The molecule has 1 fully saturated rings. The van der Waals surface area contributed by atoms with Gasteiger partial charge in [0.15, 0.2) is 0 Å². The predicted molar refractivity (Wildman–Crippen MR) is 105 cm³/mol. The van der Waals surface area contributed by atoms with Crippen LogP contribution in [0, 0.1) is 13.8 Å². The summed E-state index contributed by atoms with van der Waals surface area (Å²) in [5.74, 6) is 0.557. The Bertz CT molecular complexity index is 1070. The first-order valence-corrected chi connectivity index (χ1v) is 9.22. The van der Waals surface area contributed by atoms with Gasteiger partial charge in [0, 0.05) is 24.7 Å². The van der Waals surface area contributed by atoms with Gasteiger partial charge in [-0.2, -0.15) is 0 Å². The average Bonchev–Trinajstić information content (AvgIpc) is 3.19. The molecule has 0 aliphatic carbocycles. The highest BCUT2D eigenvalue weighted by Crippen LogP contribution is 2.24. The number of likely N-dealkylation sites (N-methyl/N-ethyl adjacent to an activating group) is 2. The fourth-order valence-corrected chi connectivity index (χ4v) is 3.75. The van der Waals surface area contributed by atoms with Crippen molar-refractivity contribution >= 4 is 35.3 Å². The van der Waals surface area contributed by atoms with Crippen molar-refractivity contribution in [2.45, 2.75) is 26.4 Å². The number of amidine groups is 1. The Hall–Kier alpha value is -3.00. The van der Waals surface area contributed by atoms with Gasteiger partial charge in [-0.15, -0.1) is 9.78 Å². The third-order valence-electron chi connectivity index (χ3n) is 5.01. The first-order chi connectivity index (χ1) is 13.3. The van der Waals surface area contributed by atoms with Gasteiger partial charge in [0.05, 0.1) is 12.2 Å². The zero-order chi connectivity index (χ0) is 20.2. The molecule has 1 aromatic carbocycles. The van der Waals surface area contributed by atoms with Crippen LogP contribution < -0.4 is 0 Å². The maximum absolute atomic E-state index is 13.0. The summed E-state index contributed by atoms with van der Waals surface area (Å²) >= 11 is 6.37. The van der Waals surface area contributed by atoms with Crippen LogP contribution in [0.2, 0.25) is 5.02 Å². The maximum atomic E-state index is 13.0. The van der Waals surface area contributed by atoms with Crippen LogP contribution in [0.15, 0.2) is 35.3 Å². The molecule has 0 bridgehead atoms. The van der Waals surface area contributed by atoms with Crippen LogP contribution in [0.25, 0.3) is 0 Å². The van der Waals surface area contributed by atoms with Gasteiger partial charge in [0.25, 0.3) is 5.91 Å². The highest BCUT2D eigenvalue weighted by molar-refractivity contribution is 6.31. The normalized spacial score (nSPS) is 19.5. The van der Waals surface area contributed by atoms with E-state index in [4.69, 9.17) is 11.6 Å². The van der Waals surface area contributed by atoms with Crippen molar-refractivity contribution in [3.8, 4) is 0 Å². The Labute approximate surface area is 167 Å². The number of rotatable bonds is 2. The lowest BCUT2D eigenvalue weighted by atomic mass is 10.1. The second-order valence-electron chi connectivity index (χ2n) is 6.97. The molecule has 2 aliphatic rings. The van der Waals surface area contributed by atoms with E-state index in [9.17, 15) is 9.59 Å². The van der Waals surface area contributed by atoms with Crippen LogP contribution in [0.4, 0.5) is 4.79 Å². The number of fused-ring (bicyclic) bond motifs is 1. The van der Waals surface area contributed by atoms with E-state index in [-0.39, 0.29) is 5.91 Å². The molecular formula is C19H20ClN6O2+. The molecule has 28 heavy (non-hydrogen) atoms. The number of imide groups is 1. The zero-order valence-electron chi connectivity index (χ0n) is 16.0. The number of carbonyl (C=O) groups excluding carboxylic acids is 2. The molecule has 1 atom stereocenters. The maximum Gasteiger partial charge on any atom is 0.421 e. The minimum atomic E-state index is -0.720. The van der Waals surface area contributed by atoms with Crippen molar-refractivity contribution in [3.63, 3.8) is 0 Å². The number of hydrogen-bond donors (Lipinski definition) is 0. The molecule has 0 spiro atoms. The fourth-order valence-electron chi connectivity index (χ4n) is 3.56. The highest BCUT2D eigenvalue weighted by Gasteiger charge is 2.52. The van der Waals surface area contributed by atoms with Gasteiger partial charge in [-0.3, -0.25) is 14.6 Å². The Morgan fingerprint density at radius 2 is 1.86 bits per heavy atom. The molecule has 144 valence electrons. The SMILES string of the molecule is Cc1cc(C)n(C2=[N+](Cc3ccccc3Cl)C3C(=O)N(C)C(=O)N(C)C3=N2)n1. The van der Waals surface area contributed by atoms with E-state index in [0.717, 1.165) is 21.9 Å². The van der Waals surface area contributed by atoms with Gasteiger partial charge < -0.3 is 0 Å². The number of aromatic nitrogens is 2. The second kappa shape index (κ2) is 6.56. The van der Waals surface area contributed by atoms with Crippen LogP contribution in [0.3, 0.4) is 0 Å². The van der Waals surface area contributed by atoms with Gasteiger partial charge in [-0.1, -0.05) is 34.8 Å². The highest BCUT2D eigenvalue weighted by atomic mass is 35.5. The lowest BCUT2D eigenvalue weighted by Crippen LogP contribution is -2.61. The van der Waals surface area contributed by atoms with E-state index in [0.29, 0.717) is 23.4 Å². The van der Waals surface area contributed by atoms with E-state index in [1.165, 1.54) is 11.9 Å². The van der Waals surface area contributed by atoms with E-state index >= 15 is 0 Å². The molecule has 1 aromatic heterocycles. The van der Waals surface area contributed by atoms with Gasteiger partial charge in [0.1, 0.15) is 5.69 Å². The quantitative estimate of drug-likeness (QED) is 0.723. The van der Waals surface area contributed by atoms with Gasteiger partial charge in [-0.25, -0.2) is 9.37 Å². The van der Waals surface area contributed by atoms with Crippen LogP contribution in [-0.2, 0) is 11.3 Å². The zero-order valence-corrected chi connectivity index (χ0v) is 16.8. The molecule has 1 saturated heterocycles. The number of amides is 3. The molecule has 0 radical (unpaired) electrons. The largest absolute Gasteiger partial charge is 0.421 e. The lowest BCUT2D eigenvalue weighted by Gasteiger charge is -2.31. The first-order valence-electron chi connectivity index (χ1n) is 8.84. The standard InChI is InChI=1S/C19H20ClN6O2/c1-11-9-12(2)26(22-11)18-21-16-15(17(27)24(4)19(28)23(16)3)25(18)10-13-7-5-6-8-14(13)20/h5-9,15H,10H2,1-4H3/q+1. The van der Waals surface area contributed by atoms with E-state index in [2.05, 4.69) is 10.1 Å². The number of aryl methyl sites for hydroxylation is 2. The van der Waals surface area contributed by atoms with Gasteiger partial charge in [0.2, 0.25) is 11.9 Å². The van der Waals surface area contributed by atoms with Crippen LogP contribution in [0.5, 0.6) is 0 Å². The summed E-state index contributed by atoms with van der Waals surface area (Å²) < 4.78 is 3.54. The molecule has 0 saturated carbocycles.